The number of likely N-dealkylation sites (tertiary alicyclic amines) is 1. The van der Waals surface area contributed by atoms with Crippen LogP contribution in [0.1, 0.15) is 46.5 Å². The molecule has 3 rings (SSSR count). The third-order valence-corrected chi connectivity index (χ3v) is 6.49. The minimum absolute atomic E-state index is 0. The van der Waals surface area contributed by atoms with Crippen LogP contribution in [0.15, 0.2) is 22.5 Å². The molecule has 5 nitrogen and oxygen atoms in total. The van der Waals surface area contributed by atoms with E-state index in [1.54, 1.807) is 0 Å². The van der Waals surface area contributed by atoms with E-state index in [1.165, 1.54) is 43.8 Å². The molecule has 0 radical (unpaired) electrons. The molecule has 2 aliphatic rings. The van der Waals surface area contributed by atoms with Crippen molar-refractivity contribution in [2.75, 3.05) is 44.2 Å². The maximum absolute atomic E-state index is 4.96. The molecule has 28 heavy (non-hydrogen) atoms. The lowest BCUT2D eigenvalue weighted by atomic mass is 10.1. The van der Waals surface area contributed by atoms with Gasteiger partial charge in [0.05, 0.1) is 11.5 Å². The summed E-state index contributed by atoms with van der Waals surface area (Å²) < 4.78 is 0. The van der Waals surface area contributed by atoms with Gasteiger partial charge in [0.25, 0.3) is 0 Å². The molecule has 7 heteroatoms. The van der Waals surface area contributed by atoms with Crippen LogP contribution in [-0.2, 0) is 0 Å². The van der Waals surface area contributed by atoms with Crippen molar-refractivity contribution in [1.29, 1.82) is 0 Å². The number of hydrogen-bond donors (Lipinski definition) is 2. The minimum atomic E-state index is 0. The number of guanidine groups is 1. The van der Waals surface area contributed by atoms with Crippen molar-refractivity contribution in [3.05, 3.63) is 17.5 Å². The number of rotatable bonds is 7. The fourth-order valence-electron chi connectivity index (χ4n) is 4.22. The number of anilines is 1. The van der Waals surface area contributed by atoms with E-state index in [0.717, 1.165) is 38.1 Å². The van der Waals surface area contributed by atoms with Crippen LogP contribution in [0.2, 0.25) is 0 Å². The molecule has 0 spiro atoms. The van der Waals surface area contributed by atoms with Crippen molar-refractivity contribution < 1.29 is 0 Å². The summed E-state index contributed by atoms with van der Waals surface area (Å²) in [6.07, 6.45) is 4.95. The normalized spacial score (nSPS) is 21.8. The molecule has 2 N–H and O–H groups in total. The molecule has 3 heterocycles. The molecule has 0 unspecified atom stereocenters. The fraction of sp³-hybridized carbons (Fsp3) is 0.762. The molecule has 0 aromatic carbocycles. The second-order valence-corrected chi connectivity index (χ2v) is 9.19. The molecule has 2 fully saturated rings. The molecular weight excluding hydrogens is 481 g/mol. The molecule has 1 atom stereocenters. The largest absolute Gasteiger partial charge is 0.363 e. The molecule has 160 valence electrons. The number of thiophene rings is 1. The summed E-state index contributed by atoms with van der Waals surface area (Å²) in [6, 6.07) is 5.51. The van der Waals surface area contributed by atoms with Crippen LogP contribution in [0.25, 0.3) is 0 Å². The molecule has 0 bridgehead atoms. The SMILES string of the molecule is CCNC(=NC[C@H]1CCCN1CC(C)C)NC1CCN(c2cccs2)CC1.I. The van der Waals surface area contributed by atoms with Gasteiger partial charge < -0.3 is 15.5 Å². The Labute approximate surface area is 192 Å². The van der Waals surface area contributed by atoms with Crippen molar-refractivity contribution >= 4 is 46.3 Å². The van der Waals surface area contributed by atoms with Gasteiger partial charge in [-0.15, -0.1) is 35.3 Å². The Morgan fingerprint density at radius 3 is 2.68 bits per heavy atom. The molecule has 0 aliphatic carbocycles. The number of nitrogens with one attached hydrogen (secondary N) is 2. The van der Waals surface area contributed by atoms with Crippen molar-refractivity contribution in [3.8, 4) is 0 Å². The fourth-order valence-corrected chi connectivity index (χ4v) is 5.00. The third kappa shape index (κ3) is 7.06. The first-order valence-corrected chi connectivity index (χ1v) is 11.6. The first-order valence-electron chi connectivity index (χ1n) is 10.7. The van der Waals surface area contributed by atoms with Crippen LogP contribution in [0.4, 0.5) is 5.00 Å². The zero-order valence-electron chi connectivity index (χ0n) is 17.7. The summed E-state index contributed by atoms with van der Waals surface area (Å²) in [6.45, 7) is 13.3. The lowest BCUT2D eigenvalue weighted by molar-refractivity contribution is 0.231. The molecule has 0 amide bonds. The van der Waals surface area contributed by atoms with Gasteiger partial charge in [0, 0.05) is 38.3 Å². The molecule has 2 aliphatic heterocycles. The van der Waals surface area contributed by atoms with E-state index < -0.39 is 0 Å². The number of nitrogens with zero attached hydrogens (tertiary/aromatic N) is 3. The van der Waals surface area contributed by atoms with Crippen LogP contribution >= 0.6 is 35.3 Å². The lowest BCUT2D eigenvalue weighted by Gasteiger charge is -2.33. The van der Waals surface area contributed by atoms with Crippen molar-refractivity contribution in [2.45, 2.75) is 58.5 Å². The standard InChI is InChI=1S/C21H37N5S.HI/c1-4-22-21(23-15-19-7-5-11-26(19)16-17(2)3)24-18-9-12-25(13-10-18)20-8-6-14-27-20;/h6,8,14,17-19H,4-5,7,9-13,15-16H2,1-3H3,(H2,22,23,24);1H/t19-;/m1./s1. The predicted molar refractivity (Wildman–Crippen MR) is 134 cm³/mol. The van der Waals surface area contributed by atoms with Crippen molar-refractivity contribution in [3.63, 3.8) is 0 Å². The second kappa shape index (κ2) is 12.2. The topological polar surface area (TPSA) is 42.9 Å². The zero-order chi connectivity index (χ0) is 19.1. The molecule has 2 saturated heterocycles. The van der Waals surface area contributed by atoms with Gasteiger partial charge in [-0.05, 0) is 62.6 Å². The van der Waals surface area contributed by atoms with Gasteiger partial charge >= 0.3 is 0 Å². The summed E-state index contributed by atoms with van der Waals surface area (Å²) in [7, 11) is 0. The third-order valence-electron chi connectivity index (χ3n) is 5.56. The minimum Gasteiger partial charge on any atom is -0.363 e. The monoisotopic (exact) mass is 519 g/mol. The Morgan fingerprint density at radius 1 is 1.25 bits per heavy atom. The first-order chi connectivity index (χ1) is 13.2. The molecule has 0 saturated carbocycles. The van der Waals surface area contributed by atoms with Gasteiger partial charge in [-0.25, -0.2) is 0 Å². The Hall–Kier alpha value is -0.540. The smallest absolute Gasteiger partial charge is 0.191 e. The Kier molecular flexibility index (Phi) is 10.4. The number of halogens is 1. The van der Waals surface area contributed by atoms with E-state index in [1.807, 2.05) is 11.3 Å². The highest BCUT2D eigenvalue weighted by Crippen LogP contribution is 2.25. The van der Waals surface area contributed by atoms with Gasteiger partial charge in [-0.2, -0.15) is 0 Å². The van der Waals surface area contributed by atoms with Crippen LogP contribution in [0.3, 0.4) is 0 Å². The van der Waals surface area contributed by atoms with Crippen LogP contribution in [-0.4, -0.2) is 62.2 Å². The summed E-state index contributed by atoms with van der Waals surface area (Å²) in [4.78, 5) is 10.1. The van der Waals surface area contributed by atoms with Gasteiger partial charge in [0.2, 0.25) is 0 Å². The first kappa shape index (κ1) is 23.7. The highest BCUT2D eigenvalue weighted by Gasteiger charge is 2.25. The van der Waals surface area contributed by atoms with E-state index in [4.69, 9.17) is 4.99 Å². The maximum Gasteiger partial charge on any atom is 0.191 e. The summed E-state index contributed by atoms with van der Waals surface area (Å²) in [5.74, 6) is 1.73. The lowest BCUT2D eigenvalue weighted by Crippen LogP contribution is -2.49. The zero-order valence-corrected chi connectivity index (χ0v) is 20.8. The number of hydrogen-bond acceptors (Lipinski definition) is 4. The predicted octanol–water partition coefficient (Wildman–Crippen LogP) is 4.01. The summed E-state index contributed by atoms with van der Waals surface area (Å²) in [5.41, 5.74) is 0. The van der Waals surface area contributed by atoms with Crippen molar-refractivity contribution in [2.24, 2.45) is 10.9 Å². The van der Waals surface area contributed by atoms with Crippen LogP contribution < -0.4 is 15.5 Å². The summed E-state index contributed by atoms with van der Waals surface area (Å²) >= 11 is 1.84. The highest BCUT2D eigenvalue weighted by molar-refractivity contribution is 14.0. The Morgan fingerprint density at radius 2 is 2.04 bits per heavy atom. The molecule has 1 aromatic rings. The van der Waals surface area contributed by atoms with Crippen LogP contribution in [0, 0.1) is 5.92 Å². The van der Waals surface area contributed by atoms with E-state index in [2.05, 4.69) is 58.7 Å². The van der Waals surface area contributed by atoms with E-state index in [-0.39, 0.29) is 24.0 Å². The van der Waals surface area contributed by atoms with Gasteiger partial charge in [-0.1, -0.05) is 13.8 Å². The maximum atomic E-state index is 4.96. The van der Waals surface area contributed by atoms with Crippen LogP contribution in [0.5, 0.6) is 0 Å². The average Bonchev–Trinajstić information content (AvgIpc) is 3.32. The average molecular weight is 520 g/mol. The van der Waals surface area contributed by atoms with Crippen molar-refractivity contribution in [1.82, 2.24) is 15.5 Å². The Bertz CT molecular complexity index is 569. The van der Waals surface area contributed by atoms with Gasteiger partial charge in [0.1, 0.15) is 0 Å². The van der Waals surface area contributed by atoms with Gasteiger partial charge in [-0.3, -0.25) is 9.89 Å². The van der Waals surface area contributed by atoms with E-state index in [9.17, 15) is 0 Å². The molecule has 1 aromatic heterocycles. The van der Waals surface area contributed by atoms with Gasteiger partial charge in [0.15, 0.2) is 5.96 Å². The quantitative estimate of drug-likeness (QED) is 0.325. The number of aliphatic imine (C=N–C) groups is 1. The number of piperidine rings is 1. The van der Waals surface area contributed by atoms with E-state index in [0.29, 0.717) is 12.1 Å². The summed E-state index contributed by atoms with van der Waals surface area (Å²) in [5, 5.41) is 10.7. The van der Waals surface area contributed by atoms with E-state index >= 15 is 0 Å². The highest BCUT2D eigenvalue weighted by atomic mass is 127. The second-order valence-electron chi connectivity index (χ2n) is 8.26. The molecular formula is C21H38IN5S. The Balaban J connectivity index is 0.00000280.